The van der Waals surface area contributed by atoms with E-state index < -0.39 is 17.8 Å². The van der Waals surface area contributed by atoms with Crippen molar-refractivity contribution in [2.75, 3.05) is 23.7 Å². The number of aromatic nitrogens is 3. The minimum absolute atomic E-state index is 0.00442. The van der Waals surface area contributed by atoms with Gasteiger partial charge in [0.15, 0.2) is 0 Å². The molecule has 0 aliphatic carbocycles. The largest absolute Gasteiger partial charge is 0.433 e. The van der Waals surface area contributed by atoms with E-state index in [1.165, 1.54) is 17.7 Å². The zero-order chi connectivity index (χ0) is 28.3. The molecule has 2 aromatic heterocycles. The molecule has 4 aromatic rings. The summed E-state index contributed by atoms with van der Waals surface area (Å²) in [4.78, 5) is 30.6. The van der Waals surface area contributed by atoms with Crippen LogP contribution < -0.4 is 16.4 Å². The first-order valence-corrected chi connectivity index (χ1v) is 12.6. The van der Waals surface area contributed by atoms with E-state index >= 15 is 0 Å². The second-order valence-electron chi connectivity index (χ2n) is 9.42. The highest BCUT2D eigenvalue weighted by molar-refractivity contribution is 6.04. The number of H-pyrrole nitrogens is 1. The van der Waals surface area contributed by atoms with Gasteiger partial charge in [0, 0.05) is 30.3 Å². The molecule has 1 unspecified atom stereocenters. The number of benzene rings is 2. The predicted octanol–water partition coefficient (Wildman–Crippen LogP) is 5.74. The highest BCUT2D eigenvalue weighted by atomic mass is 19.4. The van der Waals surface area contributed by atoms with E-state index in [0.717, 1.165) is 18.9 Å². The van der Waals surface area contributed by atoms with Gasteiger partial charge in [-0.15, -0.1) is 0 Å². The van der Waals surface area contributed by atoms with Crippen molar-refractivity contribution < 1.29 is 22.8 Å². The van der Waals surface area contributed by atoms with Crippen LogP contribution in [0, 0.1) is 0 Å². The number of alkyl halides is 3. The zero-order valence-corrected chi connectivity index (χ0v) is 21.2. The van der Waals surface area contributed by atoms with Gasteiger partial charge in [-0.1, -0.05) is 48.5 Å². The monoisotopic (exact) mass is 549 g/mol. The number of nitrogens with one attached hydrogen (secondary N) is 3. The number of likely N-dealkylation sites (tertiary alicyclic amines) is 1. The number of amides is 3. The number of carbonyl (C=O) groups is 2. The topological polar surface area (TPSA) is 129 Å². The second kappa shape index (κ2) is 11.1. The Morgan fingerprint density at radius 2 is 1.75 bits per heavy atom. The Morgan fingerprint density at radius 1 is 1.00 bits per heavy atom. The lowest BCUT2D eigenvalue weighted by atomic mass is 9.91. The standard InChI is InChI=1S/C28H26F3N7O2/c29-28(30,31)21-9-4-10-22(34-21)35-26-23(25(32)39)24(36-37-26)18-11-13-20(14-12-18)33-27(40)38-15-5-8-19(16-38)17-6-2-1-3-7-17/h1-4,6-7,9-14,19H,5,8,15-16H2,(H2,32,39)(H,33,40)(H2,34,35,36,37). The third kappa shape index (κ3) is 5.90. The number of nitrogens with two attached hydrogens (primary N) is 1. The smallest absolute Gasteiger partial charge is 0.365 e. The molecule has 3 amide bonds. The fourth-order valence-corrected chi connectivity index (χ4v) is 4.74. The summed E-state index contributed by atoms with van der Waals surface area (Å²) < 4.78 is 39.1. The van der Waals surface area contributed by atoms with E-state index in [1.54, 1.807) is 29.2 Å². The molecule has 1 aliphatic rings. The van der Waals surface area contributed by atoms with Gasteiger partial charge in [0.1, 0.15) is 28.6 Å². The van der Waals surface area contributed by atoms with Crippen molar-refractivity contribution >= 4 is 29.3 Å². The number of piperidine rings is 1. The molecule has 1 fully saturated rings. The summed E-state index contributed by atoms with van der Waals surface area (Å²) in [7, 11) is 0. The van der Waals surface area contributed by atoms with Crippen LogP contribution in [0.2, 0.25) is 0 Å². The van der Waals surface area contributed by atoms with Crippen molar-refractivity contribution in [3.63, 3.8) is 0 Å². The first kappa shape index (κ1) is 26.7. The zero-order valence-electron chi connectivity index (χ0n) is 21.2. The highest BCUT2D eigenvalue weighted by Gasteiger charge is 2.32. The molecule has 206 valence electrons. The minimum Gasteiger partial charge on any atom is -0.365 e. The summed E-state index contributed by atoms with van der Waals surface area (Å²) >= 11 is 0. The Kier molecular flexibility index (Phi) is 7.41. The Morgan fingerprint density at radius 3 is 2.45 bits per heavy atom. The summed E-state index contributed by atoms with van der Waals surface area (Å²) in [6, 6.07) is 20.0. The third-order valence-corrected chi connectivity index (χ3v) is 6.69. The van der Waals surface area contributed by atoms with Crippen LogP contribution in [-0.4, -0.2) is 45.1 Å². The minimum atomic E-state index is -4.63. The van der Waals surface area contributed by atoms with E-state index in [4.69, 9.17) is 5.73 Å². The number of halogens is 3. The van der Waals surface area contributed by atoms with Gasteiger partial charge in [-0.2, -0.15) is 18.3 Å². The number of anilines is 3. The van der Waals surface area contributed by atoms with E-state index in [2.05, 4.69) is 37.9 Å². The maximum Gasteiger partial charge on any atom is 0.433 e. The van der Waals surface area contributed by atoms with Crippen LogP contribution in [0.1, 0.15) is 40.4 Å². The van der Waals surface area contributed by atoms with E-state index in [0.29, 0.717) is 24.3 Å². The average molecular weight is 550 g/mol. The molecule has 5 N–H and O–H groups in total. The average Bonchev–Trinajstić information content (AvgIpc) is 3.37. The molecule has 3 heterocycles. The van der Waals surface area contributed by atoms with Crippen LogP contribution in [0.5, 0.6) is 0 Å². The number of primary amides is 1. The molecule has 5 rings (SSSR count). The maximum absolute atomic E-state index is 13.0. The van der Waals surface area contributed by atoms with Crippen LogP contribution in [0.3, 0.4) is 0 Å². The lowest BCUT2D eigenvalue weighted by Gasteiger charge is -2.33. The normalized spacial score (nSPS) is 15.5. The Balaban J connectivity index is 1.29. The molecule has 2 aromatic carbocycles. The van der Waals surface area contributed by atoms with Crippen molar-refractivity contribution in [3.8, 4) is 11.3 Å². The van der Waals surface area contributed by atoms with Crippen LogP contribution >= 0.6 is 0 Å². The molecular formula is C28H26F3N7O2. The van der Waals surface area contributed by atoms with Gasteiger partial charge in [0.2, 0.25) is 0 Å². The summed E-state index contributed by atoms with van der Waals surface area (Å²) in [5, 5.41) is 12.3. The SMILES string of the molecule is NC(=O)c1c(-c2ccc(NC(=O)N3CCCC(c4ccccc4)C3)cc2)n[nH]c1Nc1cccc(C(F)(F)F)n1. The molecule has 0 bridgehead atoms. The first-order valence-electron chi connectivity index (χ1n) is 12.6. The Bertz CT molecular complexity index is 1500. The van der Waals surface area contributed by atoms with Gasteiger partial charge in [0.05, 0.1) is 0 Å². The fourth-order valence-electron chi connectivity index (χ4n) is 4.74. The van der Waals surface area contributed by atoms with Gasteiger partial charge < -0.3 is 21.3 Å². The molecule has 0 saturated carbocycles. The van der Waals surface area contributed by atoms with Crippen LogP contribution in [0.25, 0.3) is 11.3 Å². The predicted molar refractivity (Wildman–Crippen MR) is 144 cm³/mol. The molecule has 40 heavy (non-hydrogen) atoms. The van der Waals surface area contributed by atoms with Gasteiger partial charge in [-0.05, 0) is 42.7 Å². The molecule has 0 radical (unpaired) electrons. The van der Waals surface area contributed by atoms with Crippen LogP contribution in [0.15, 0.2) is 72.8 Å². The van der Waals surface area contributed by atoms with Gasteiger partial charge in [-0.3, -0.25) is 9.89 Å². The summed E-state index contributed by atoms with van der Waals surface area (Å²) in [5.41, 5.74) is 6.92. The Hall–Kier alpha value is -4.87. The van der Waals surface area contributed by atoms with Crippen molar-refractivity contribution in [1.29, 1.82) is 0 Å². The molecular weight excluding hydrogens is 523 g/mol. The summed E-state index contributed by atoms with van der Waals surface area (Å²) in [6.45, 7) is 1.29. The molecule has 1 aliphatic heterocycles. The highest BCUT2D eigenvalue weighted by Crippen LogP contribution is 2.32. The van der Waals surface area contributed by atoms with Crippen LogP contribution in [-0.2, 0) is 6.18 Å². The number of rotatable bonds is 6. The molecule has 1 saturated heterocycles. The molecule has 0 spiro atoms. The van der Waals surface area contributed by atoms with Crippen molar-refractivity contribution in [2.24, 2.45) is 5.73 Å². The van der Waals surface area contributed by atoms with E-state index in [-0.39, 0.29) is 34.8 Å². The Labute approximate surface area is 227 Å². The quantitative estimate of drug-likeness (QED) is 0.244. The third-order valence-electron chi connectivity index (χ3n) is 6.69. The molecule has 9 nitrogen and oxygen atoms in total. The van der Waals surface area contributed by atoms with Gasteiger partial charge in [-0.25, -0.2) is 9.78 Å². The van der Waals surface area contributed by atoms with E-state index in [9.17, 15) is 22.8 Å². The fraction of sp³-hybridized carbons (Fsp3) is 0.214. The number of aromatic amines is 1. The number of nitrogens with zero attached hydrogens (tertiary/aromatic N) is 3. The number of hydrogen-bond acceptors (Lipinski definition) is 5. The first-order chi connectivity index (χ1) is 19.2. The van der Waals surface area contributed by atoms with Gasteiger partial charge >= 0.3 is 12.2 Å². The molecule has 1 atom stereocenters. The van der Waals surface area contributed by atoms with Crippen molar-refractivity contribution in [1.82, 2.24) is 20.1 Å². The number of carbonyl (C=O) groups excluding carboxylic acids is 2. The molecule has 12 heteroatoms. The van der Waals surface area contributed by atoms with E-state index in [1.807, 2.05) is 18.2 Å². The lowest BCUT2D eigenvalue weighted by Crippen LogP contribution is -2.41. The number of hydrogen-bond donors (Lipinski definition) is 4. The van der Waals surface area contributed by atoms with Crippen molar-refractivity contribution in [3.05, 3.63) is 89.6 Å². The number of pyridine rings is 1. The summed E-state index contributed by atoms with van der Waals surface area (Å²) in [6.07, 6.45) is -2.69. The second-order valence-corrected chi connectivity index (χ2v) is 9.42. The lowest BCUT2D eigenvalue weighted by molar-refractivity contribution is -0.141. The summed E-state index contributed by atoms with van der Waals surface area (Å²) in [5.74, 6) is -0.694. The number of urea groups is 1. The van der Waals surface area contributed by atoms with Crippen molar-refractivity contribution in [2.45, 2.75) is 24.9 Å². The van der Waals surface area contributed by atoms with Crippen LogP contribution in [0.4, 0.5) is 35.3 Å². The maximum atomic E-state index is 13.0. The van der Waals surface area contributed by atoms with Gasteiger partial charge in [0.25, 0.3) is 5.91 Å².